The van der Waals surface area contributed by atoms with Crippen LogP contribution in [0.3, 0.4) is 0 Å². The summed E-state index contributed by atoms with van der Waals surface area (Å²) in [6, 6.07) is 6.33. The first-order chi connectivity index (χ1) is 8.06. The molecule has 0 aliphatic heterocycles. The molecular weight excluding hydrogens is 212 g/mol. The topological polar surface area (TPSA) is 40.5 Å². The normalized spacial score (nSPS) is 13.1. The van der Waals surface area contributed by atoms with E-state index in [1.165, 1.54) is 5.56 Å². The second-order valence-corrected chi connectivity index (χ2v) is 5.01. The monoisotopic (exact) mass is 236 g/mol. The van der Waals surface area contributed by atoms with E-state index in [4.69, 9.17) is 5.11 Å². The third-order valence-corrected chi connectivity index (χ3v) is 3.21. The SMILES string of the molecule is Cc1ccc(C(C)C)cc1C(O)CCCCO. The van der Waals surface area contributed by atoms with Crippen molar-refractivity contribution in [3.63, 3.8) is 0 Å². The zero-order chi connectivity index (χ0) is 12.8. The number of hydrogen-bond donors (Lipinski definition) is 2. The van der Waals surface area contributed by atoms with Crippen LogP contribution in [0.1, 0.15) is 61.8 Å². The summed E-state index contributed by atoms with van der Waals surface area (Å²) in [4.78, 5) is 0. The average Bonchev–Trinajstić information content (AvgIpc) is 2.29. The summed E-state index contributed by atoms with van der Waals surface area (Å²) >= 11 is 0. The minimum absolute atomic E-state index is 0.206. The molecule has 0 aliphatic rings. The third kappa shape index (κ3) is 4.14. The summed E-state index contributed by atoms with van der Waals surface area (Å²) < 4.78 is 0. The molecule has 0 heterocycles. The molecule has 2 nitrogen and oxygen atoms in total. The lowest BCUT2D eigenvalue weighted by Crippen LogP contribution is -2.02. The molecule has 1 aromatic carbocycles. The Morgan fingerprint density at radius 3 is 2.47 bits per heavy atom. The van der Waals surface area contributed by atoms with Gasteiger partial charge in [0, 0.05) is 6.61 Å². The number of aliphatic hydroxyl groups excluding tert-OH is 2. The maximum Gasteiger partial charge on any atom is 0.0792 e. The summed E-state index contributed by atoms with van der Waals surface area (Å²) in [6.45, 7) is 6.56. The van der Waals surface area contributed by atoms with Gasteiger partial charge in [0.15, 0.2) is 0 Å². The molecule has 1 unspecified atom stereocenters. The minimum Gasteiger partial charge on any atom is -0.396 e. The van der Waals surface area contributed by atoms with Crippen LogP contribution in [0.4, 0.5) is 0 Å². The molecule has 1 aromatic rings. The summed E-state index contributed by atoms with van der Waals surface area (Å²) in [5.41, 5.74) is 3.45. The summed E-state index contributed by atoms with van der Waals surface area (Å²) in [7, 11) is 0. The Hall–Kier alpha value is -0.860. The van der Waals surface area contributed by atoms with Crippen LogP contribution in [0, 0.1) is 6.92 Å². The van der Waals surface area contributed by atoms with E-state index in [2.05, 4.69) is 32.0 Å². The predicted molar refractivity (Wildman–Crippen MR) is 71.2 cm³/mol. The van der Waals surface area contributed by atoms with Gasteiger partial charge >= 0.3 is 0 Å². The molecule has 0 aliphatic carbocycles. The molecule has 0 amide bonds. The molecule has 2 N–H and O–H groups in total. The Kier molecular flexibility index (Phi) is 5.66. The number of rotatable bonds is 6. The van der Waals surface area contributed by atoms with Gasteiger partial charge in [0.05, 0.1) is 6.10 Å². The van der Waals surface area contributed by atoms with Gasteiger partial charge in [0.25, 0.3) is 0 Å². The second-order valence-electron chi connectivity index (χ2n) is 5.01. The summed E-state index contributed by atoms with van der Waals surface area (Å²) in [6.07, 6.45) is 1.95. The first-order valence-corrected chi connectivity index (χ1v) is 6.45. The molecule has 0 saturated carbocycles. The van der Waals surface area contributed by atoms with E-state index in [9.17, 15) is 5.11 Å². The van der Waals surface area contributed by atoms with Gasteiger partial charge in [-0.3, -0.25) is 0 Å². The number of aryl methyl sites for hydroxylation is 1. The first-order valence-electron chi connectivity index (χ1n) is 6.45. The molecule has 0 aromatic heterocycles. The largest absolute Gasteiger partial charge is 0.396 e. The molecule has 17 heavy (non-hydrogen) atoms. The first kappa shape index (κ1) is 14.2. The summed E-state index contributed by atoms with van der Waals surface area (Å²) in [5.74, 6) is 0.485. The fourth-order valence-corrected chi connectivity index (χ4v) is 1.98. The quantitative estimate of drug-likeness (QED) is 0.744. The van der Waals surface area contributed by atoms with Crippen molar-refractivity contribution in [2.45, 2.75) is 52.1 Å². The Morgan fingerprint density at radius 2 is 1.88 bits per heavy atom. The molecule has 96 valence electrons. The third-order valence-electron chi connectivity index (χ3n) is 3.21. The van der Waals surface area contributed by atoms with Crippen molar-refractivity contribution in [2.24, 2.45) is 0 Å². The number of aliphatic hydroxyl groups is 2. The Labute approximate surface area is 104 Å². The van der Waals surface area contributed by atoms with Crippen molar-refractivity contribution in [1.29, 1.82) is 0 Å². The van der Waals surface area contributed by atoms with Crippen molar-refractivity contribution in [3.8, 4) is 0 Å². The lowest BCUT2D eigenvalue weighted by atomic mass is 9.93. The van der Waals surface area contributed by atoms with Crippen LogP contribution >= 0.6 is 0 Å². The highest BCUT2D eigenvalue weighted by molar-refractivity contribution is 5.34. The zero-order valence-corrected chi connectivity index (χ0v) is 11.1. The van der Waals surface area contributed by atoms with Crippen molar-refractivity contribution < 1.29 is 10.2 Å². The Balaban J connectivity index is 2.77. The van der Waals surface area contributed by atoms with Crippen molar-refractivity contribution >= 4 is 0 Å². The van der Waals surface area contributed by atoms with Gasteiger partial charge in [-0.1, -0.05) is 32.0 Å². The number of hydrogen-bond acceptors (Lipinski definition) is 2. The number of unbranched alkanes of at least 4 members (excludes halogenated alkanes) is 1. The average molecular weight is 236 g/mol. The molecule has 0 fully saturated rings. The molecule has 1 atom stereocenters. The maximum absolute atomic E-state index is 10.2. The van der Waals surface area contributed by atoms with Crippen molar-refractivity contribution in [1.82, 2.24) is 0 Å². The fourth-order valence-electron chi connectivity index (χ4n) is 1.98. The van der Waals surface area contributed by atoms with E-state index < -0.39 is 6.10 Å². The van der Waals surface area contributed by atoms with Crippen LogP contribution in [0.25, 0.3) is 0 Å². The van der Waals surface area contributed by atoms with Crippen LogP contribution < -0.4 is 0 Å². The lowest BCUT2D eigenvalue weighted by molar-refractivity contribution is 0.158. The van der Waals surface area contributed by atoms with Gasteiger partial charge in [-0.15, -0.1) is 0 Å². The molecule has 1 rings (SSSR count). The molecule has 0 saturated heterocycles. The van der Waals surface area contributed by atoms with Crippen LogP contribution in [0.15, 0.2) is 18.2 Å². The van der Waals surface area contributed by atoms with Crippen LogP contribution in [0.2, 0.25) is 0 Å². The summed E-state index contributed by atoms with van der Waals surface area (Å²) in [5, 5.41) is 18.9. The van der Waals surface area contributed by atoms with Gasteiger partial charge in [-0.25, -0.2) is 0 Å². The van der Waals surface area contributed by atoms with Crippen molar-refractivity contribution in [3.05, 3.63) is 34.9 Å². The maximum atomic E-state index is 10.2. The highest BCUT2D eigenvalue weighted by atomic mass is 16.3. The highest BCUT2D eigenvalue weighted by Gasteiger charge is 2.11. The Morgan fingerprint density at radius 1 is 1.18 bits per heavy atom. The van der Waals surface area contributed by atoms with Gasteiger partial charge in [-0.05, 0) is 48.8 Å². The minimum atomic E-state index is -0.403. The van der Waals surface area contributed by atoms with Crippen molar-refractivity contribution in [2.75, 3.05) is 6.61 Å². The highest BCUT2D eigenvalue weighted by Crippen LogP contribution is 2.26. The van der Waals surface area contributed by atoms with E-state index in [0.29, 0.717) is 5.92 Å². The van der Waals surface area contributed by atoms with Gasteiger partial charge in [0.2, 0.25) is 0 Å². The second kappa shape index (κ2) is 6.77. The lowest BCUT2D eigenvalue weighted by Gasteiger charge is -2.16. The van der Waals surface area contributed by atoms with Gasteiger partial charge in [-0.2, -0.15) is 0 Å². The molecule has 0 bridgehead atoms. The van der Waals surface area contributed by atoms with Crippen LogP contribution in [-0.2, 0) is 0 Å². The van der Waals surface area contributed by atoms with Crippen LogP contribution in [-0.4, -0.2) is 16.8 Å². The van der Waals surface area contributed by atoms with E-state index in [0.717, 1.165) is 30.4 Å². The van der Waals surface area contributed by atoms with E-state index >= 15 is 0 Å². The van der Waals surface area contributed by atoms with Crippen LogP contribution in [0.5, 0.6) is 0 Å². The van der Waals surface area contributed by atoms with Gasteiger partial charge in [0.1, 0.15) is 0 Å². The standard InChI is InChI=1S/C15H24O2/c1-11(2)13-8-7-12(3)14(10-13)15(17)6-4-5-9-16/h7-8,10-11,15-17H,4-6,9H2,1-3H3. The predicted octanol–water partition coefficient (Wildman–Crippen LogP) is 3.31. The fraction of sp³-hybridized carbons (Fsp3) is 0.600. The zero-order valence-electron chi connectivity index (χ0n) is 11.1. The molecule has 0 spiro atoms. The molecular formula is C15H24O2. The van der Waals surface area contributed by atoms with E-state index in [1.54, 1.807) is 0 Å². The smallest absolute Gasteiger partial charge is 0.0792 e. The van der Waals surface area contributed by atoms with E-state index in [-0.39, 0.29) is 6.61 Å². The van der Waals surface area contributed by atoms with E-state index in [1.807, 2.05) is 6.92 Å². The van der Waals surface area contributed by atoms with Gasteiger partial charge < -0.3 is 10.2 Å². The Bertz CT molecular complexity index is 345. The number of benzene rings is 1. The molecule has 2 heteroatoms. The molecule has 0 radical (unpaired) electrons.